The molecular formula is C16H34N2O2. The van der Waals surface area contributed by atoms with E-state index in [9.17, 15) is 4.79 Å². The Balaban J connectivity index is 4.50. The number of rotatable bonds is 6. The van der Waals surface area contributed by atoms with Gasteiger partial charge in [-0.1, -0.05) is 34.6 Å². The smallest absolute Gasteiger partial charge is 0.407 e. The van der Waals surface area contributed by atoms with Gasteiger partial charge in [-0.05, 0) is 39.0 Å². The predicted molar refractivity (Wildman–Crippen MR) is 85.0 cm³/mol. The zero-order valence-electron chi connectivity index (χ0n) is 14.6. The molecule has 0 fully saturated rings. The number of carbonyl (C=O) groups excluding carboxylic acids is 1. The highest BCUT2D eigenvalue weighted by Gasteiger charge is 2.28. The number of amides is 1. The summed E-state index contributed by atoms with van der Waals surface area (Å²) in [6.07, 6.45) is 1.59. The molecule has 0 aromatic heterocycles. The lowest BCUT2D eigenvalue weighted by Crippen LogP contribution is -2.55. The Bertz CT molecular complexity index is 297. The van der Waals surface area contributed by atoms with Crippen LogP contribution in [0.2, 0.25) is 0 Å². The van der Waals surface area contributed by atoms with Crippen LogP contribution in [0.5, 0.6) is 0 Å². The van der Waals surface area contributed by atoms with Crippen molar-refractivity contribution in [3.63, 3.8) is 0 Å². The van der Waals surface area contributed by atoms with E-state index in [4.69, 9.17) is 4.74 Å². The van der Waals surface area contributed by atoms with Gasteiger partial charge in [0, 0.05) is 18.6 Å². The first kappa shape index (κ1) is 19.2. The molecule has 0 aliphatic heterocycles. The fourth-order valence-electron chi connectivity index (χ4n) is 1.82. The molecule has 0 rings (SSSR count). The Kier molecular flexibility index (Phi) is 7.02. The summed E-state index contributed by atoms with van der Waals surface area (Å²) in [5, 5.41) is 6.52. The van der Waals surface area contributed by atoms with Crippen LogP contribution in [-0.4, -0.2) is 30.3 Å². The van der Waals surface area contributed by atoms with Gasteiger partial charge in [-0.15, -0.1) is 0 Å². The fraction of sp³-hybridized carbons (Fsp3) is 0.938. The van der Waals surface area contributed by atoms with Crippen LogP contribution in [0.15, 0.2) is 0 Å². The zero-order chi connectivity index (χ0) is 16.0. The van der Waals surface area contributed by atoms with E-state index in [1.54, 1.807) is 0 Å². The average Bonchev–Trinajstić information content (AvgIpc) is 2.27. The maximum Gasteiger partial charge on any atom is 0.407 e. The standard InChI is InChI=1S/C16H34N2O2/c1-9-16(10-2,18-11-14(3,4)5)12-17-13(19)20-15(6,7)8/h18H,9-12H2,1-8H3,(H,17,19). The van der Waals surface area contributed by atoms with E-state index in [-0.39, 0.29) is 17.0 Å². The molecule has 0 spiro atoms. The molecule has 0 unspecified atom stereocenters. The van der Waals surface area contributed by atoms with Crippen LogP contribution in [0.3, 0.4) is 0 Å². The van der Waals surface area contributed by atoms with Crippen molar-refractivity contribution in [2.45, 2.75) is 79.4 Å². The second-order valence-electron chi connectivity index (χ2n) is 7.76. The van der Waals surface area contributed by atoms with Crippen molar-refractivity contribution in [2.75, 3.05) is 13.1 Å². The molecule has 4 nitrogen and oxygen atoms in total. The highest BCUT2D eigenvalue weighted by atomic mass is 16.6. The lowest BCUT2D eigenvalue weighted by molar-refractivity contribution is 0.0505. The predicted octanol–water partition coefficient (Wildman–Crippen LogP) is 3.71. The van der Waals surface area contributed by atoms with Crippen molar-refractivity contribution in [3.05, 3.63) is 0 Å². The van der Waals surface area contributed by atoms with Gasteiger partial charge in [0.05, 0.1) is 0 Å². The second kappa shape index (κ2) is 7.30. The topological polar surface area (TPSA) is 50.4 Å². The quantitative estimate of drug-likeness (QED) is 0.782. The molecule has 0 aliphatic carbocycles. The number of hydrogen-bond donors (Lipinski definition) is 2. The molecule has 20 heavy (non-hydrogen) atoms. The summed E-state index contributed by atoms with van der Waals surface area (Å²) in [5.41, 5.74) is -0.296. The van der Waals surface area contributed by atoms with Crippen molar-refractivity contribution < 1.29 is 9.53 Å². The van der Waals surface area contributed by atoms with Crippen molar-refractivity contribution in [1.29, 1.82) is 0 Å². The molecule has 0 aromatic rings. The van der Waals surface area contributed by atoms with Gasteiger partial charge in [-0.25, -0.2) is 4.79 Å². The molecule has 0 saturated heterocycles. The molecule has 0 aromatic carbocycles. The Morgan fingerprint density at radius 3 is 1.80 bits per heavy atom. The van der Waals surface area contributed by atoms with Gasteiger partial charge in [-0.2, -0.15) is 0 Å². The van der Waals surface area contributed by atoms with E-state index in [1.807, 2.05) is 20.8 Å². The third-order valence-electron chi connectivity index (χ3n) is 3.32. The summed E-state index contributed by atoms with van der Waals surface area (Å²) in [6.45, 7) is 18.0. The van der Waals surface area contributed by atoms with Crippen molar-refractivity contribution >= 4 is 6.09 Å². The first-order chi connectivity index (χ1) is 8.93. The Morgan fingerprint density at radius 1 is 0.950 bits per heavy atom. The molecule has 120 valence electrons. The number of ether oxygens (including phenoxy) is 1. The fourth-order valence-corrected chi connectivity index (χ4v) is 1.82. The largest absolute Gasteiger partial charge is 0.444 e. The van der Waals surface area contributed by atoms with E-state index in [2.05, 4.69) is 45.3 Å². The first-order valence-electron chi connectivity index (χ1n) is 7.65. The third kappa shape index (κ3) is 8.41. The van der Waals surface area contributed by atoms with Crippen molar-refractivity contribution in [3.8, 4) is 0 Å². The Labute approximate surface area is 125 Å². The van der Waals surface area contributed by atoms with Crippen LogP contribution in [0.25, 0.3) is 0 Å². The molecule has 0 heterocycles. The van der Waals surface area contributed by atoms with Crippen molar-refractivity contribution in [2.24, 2.45) is 5.41 Å². The molecule has 1 amide bonds. The van der Waals surface area contributed by atoms with E-state index < -0.39 is 5.60 Å². The summed E-state index contributed by atoms with van der Waals surface area (Å²) in [5.74, 6) is 0. The lowest BCUT2D eigenvalue weighted by Gasteiger charge is -2.36. The molecule has 0 bridgehead atoms. The highest BCUT2D eigenvalue weighted by Crippen LogP contribution is 2.18. The summed E-state index contributed by atoms with van der Waals surface area (Å²) < 4.78 is 5.29. The molecular weight excluding hydrogens is 252 g/mol. The summed E-state index contributed by atoms with van der Waals surface area (Å²) in [6, 6.07) is 0. The van der Waals surface area contributed by atoms with E-state index in [0.717, 1.165) is 19.4 Å². The molecule has 2 N–H and O–H groups in total. The summed E-state index contributed by atoms with van der Waals surface area (Å²) >= 11 is 0. The minimum atomic E-state index is -0.454. The van der Waals surface area contributed by atoms with Crippen LogP contribution in [0, 0.1) is 5.41 Å². The van der Waals surface area contributed by atoms with Gasteiger partial charge in [0.25, 0.3) is 0 Å². The molecule has 0 atom stereocenters. The summed E-state index contributed by atoms with van der Waals surface area (Å²) in [7, 11) is 0. The monoisotopic (exact) mass is 286 g/mol. The van der Waals surface area contributed by atoms with Crippen LogP contribution >= 0.6 is 0 Å². The average molecular weight is 286 g/mol. The van der Waals surface area contributed by atoms with E-state index in [0.29, 0.717) is 6.54 Å². The number of alkyl carbamates (subject to hydrolysis) is 1. The Hall–Kier alpha value is -0.770. The van der Waals surface area contributed by atoms with E-state index >= 15 is 0 Å². The molecule has 0 radical (unpaired) electrons. The van der Waals surface area contributed by atoms with Gasteiger partial charge >= 0.3 is 6.09 Å². The van der Waals surface area contributed by atoms with Gasteiger partial charge in [-0.3, -0.25) is 0 Å². The van der Waals surface area contributed by atoms with Crippen LogP contribution in [-0.2, 0) is 4.74 Å². The maximum atomic E-state index is 11.8. The minimum absolute atomic E-state index is 0.0653. The van der Waals surface area contributed by atoms with Gasteiger partial charge in [0.15, 0.2) is 0 Å². The Morgan fingerprint density at radius 2 is 1.45 bits per heavy atom. The van der Waals surface area contributed by atoms with Crippen LogP contribution < -0.4 is 10.6 Å². The molecule has 4 heteroatoms. The number of hydrogen-bond acceptors (Lipinski definition) is 3. The van der Waals surface area contributed by atoms with Gasteiger partial charge in [0.1, 0.15) is 5.60 Å². The lowest BCUT2D eigenvalue weighted by atomic mass is 9.89. The highest BCUT2D eigenvalue weighted by molar-refractivity contribution is 5.67. The first-order valence-corrected chi connectivity index (χ1v) is 7.65. The van der Waals surface area contributed by atoms with Gasteiger partial charge in [0.2, 0.25) is 0 Å². The SMILES string of the molecule is CCC(CC)(CNC(=O)OC(C)(C)C)NCC(C)(C)C. The van der Waals surface area contributed by atoms with Crippen molar-refractivity contribution in [1.82, 2.24) is 10.6 Å². The van der Waals surface area contributed by atoms with Crippen LogP contribution in [0.4, 0.5) is 4.79 Å². The number of carbonyl (C=O) groups is 1. The second-order valence-corrected chi connectivity index (χ2v) is 7.76. The minimum Gasteiger partial charge on any atom is -0.444 e. The zero-order valence-corrected chi connectivity index (χ0v) is 14.6. The maximum absolute atomic E-state index is 11.8. The normalized spacial score (nSPS) is 13.2. The van der Waals surface area contributed by atoms with E-state index in [1.165, 1.54) is 0 Å². The summed E-state index contributed by atoms with van der Waals surface area (Å²) in [4.78, 5) is 11.8. The van der Waals surface area contributed by atoms with Gasteiger partial charge < -0.3 is 15.4 Å². The number of nitrogens with one attached hydrogen (secondary N) is 2. The third-order valence-corrected chi connectivity index (χ3v) is 3.32. The molecule has 0 saturated carbocycles. The molecule has 0 aliphatic rings. The van der Waals surface area contributed by atoms with Crippen LogP contribution in [0.1, 0.15) is 68.2 Å².